The molecule has 0 amide bonds. The third-order valence-electron chi connectivity index (χ3n) is 4.21. The number of aromatic nitrogens is 1. The highest BCUT2D eigenvalue weighted by molar-refractivity contribution is 9.10. The summed E-state index contributed by atoms with van der Waals surface area (Å²) in [5, 5.41) is 11.7. The van der Waals surface area contributed by atoms with Crippen LogP contribution in [0, 0.1) is 5.92 Å². The van der Waals surface area contributed by atoms with Crippen molar-refractivity contribution in [2.75, 3.05) is 0 Å². The Morgan fingerprint density at radius 3 is 2.76 bits per heavy atom. The first kappa shape index (κ1) is 16.4. The van der Waals surface area contributed by atoms with E-state index in [4.69, 9.17) is 0 Å². The lowest BCUT2D eigenvalue weighted by Gasteiger charge is -2.20. The van der Waals surface area contributed by atoms with E-state index in [0.29, 0.717) is 5.92 Å². The van der Waals surface area contributed by atoms with Gasteiger partial charge >= 0.3 is 0 Å². The molecule has 0 aliphatic heterocycles. The maximum absolute atomic E-state index is 10.7. The lowest BCUT2D eigenvalue weighted by Crippen LogP contribution is -2.08. The smallest absolute Gasteiger partial charge is 0.0813 e. The summed E-state index contributed by atoms with van der Waals surface area (Å²) in [6, 6.07) is 7.97. The van der Waals surface area contributed by atoms with Crippen LogP contribution in [0.25, 0.3) is 10.9 Å². The van der Waals surface area contributed by atoms with Crippen molar-refractivity contribution in [1.29, 1.82) is 0 Å². The highest BCUT2D eigenvalue weighted by Gasteiger charge is 2.17. The van der Waals surface area contributed by atoms with Crippen LogP contribution < -0.4 is 0 Å². The molecule has 1 aromatic carbocycles. The number of benzene rings is 1. The lowest BCUT2D eigenvalue weighted by molar-refractivity contribution is 0.140. The van der Waals surface area contributed by atoms with E-state index in [1.807, 2.05) is 24.3 Å². The highest BCUT2D eigenvalue weighted by Crippen LogP contribution is 2.33. The summed E-state index contributed by atoms with van der Waals surface area (Å²) in [6.07, 6.45) is 6.96. The van der Waals surface area contributed by atoms with E-state index in [9.17, 15) is 5.11 Å². The number of hydrogen-bond donors (Lipinski definition) is 1. The summed E-state index contributed by atoms with van der Waals surface area (Å²) in [4.78, 5) is 4.47. The molecule has 2 unspecified atom stereocenters. The molecular formula is C18H24BrNO. The van der Waals surface area contributed by atoms with Crippen molar-refractivity contribution in [3.63, 3.8) is 0 Å². The van der Waals surface area contributed by atoms with E-state index >= 15 is 0 Å². The third-order valence-corrected chi connectivity index (χ3v) is 4.90. The van der Waals surface area contributed by atoms with Crippen LogP contribution in [-0.4, -0.2) is 10.1 Å². The Balaban J connectivity index is 2.23. The maximum Gasteiger partial charge on any atom is 0.0813 e. The molecule has 1 heterocycles. The standard InChI is InChI=1S/C18H24BrNO/c1-3-5-7-13(4-2)12-17(21)15-9-10-16(19)14-8-6-11-20-18(14)15/h6,8-11,13,17,21H,3-5,7,12H2,1-2H3. The molecule has 0 aliphatic rings. The van der Waals surface area contributed by atoms with Crippen molar-refractivity contribution in [2.45, 2.75) is 52.1 Å². The van der Waals surface area contributed by atoms with Gasteiger partial charge in [-0.1, -0.05) is 67.6 Å². The number of hydrogen-bond acceptors (Lipinski definition) is 2. The van der Waals surface area contributed by atoms with E-state index in [-0.39, 0.29) is 0 Å². The van der Waals surface area contributed by atoms with Gasteiger partial charge in [-0.25, -0.2) is 0 Å². The molecule has 0 aliphatic carbocycles. The van der Waals surface area contributed by atoms with Gasteiger partial charge in [0.25, 0.3) is 0 Å². The van der Waals surface area contributed by atoms with Crippen molar-refractivity contribution in [2.24, 2.45) is 5.92 Å². The number of rotatable bonds is 7. The average molecular weight is 350 g/mol. The zero-order valence-corrected chi connectivity index (χ0v) is 14.4. The van der Waals surface area contributed by atoms with Gasteiger partial charge in [0.2, 0.25) is 0 Å². The summed E-state index contributed by atoms with van der Waals surface area (Å²) in [5.41, 5.74) is 1.86. The maximum atomic E-state index is 10.7. The lowest BCUT2D eigenvalue weighted by atomic mass is 9.90. The second-order valence-corrected chi connectivity index (χ2v) is 6.56. The highest BCUT2D eigenvalue weighted by atomic mass is 79.9. The van der Waals surface area contributed by atoms with Crippen LogP contribution in [0.2, 0.25) is 0 Å². The van der Waals surface area contributed by atoms with Gasteiger partial charge in [0, 0.05) is 21.6 Å². The fourth-order valence-electron chi connectivity index (χ4n) is 2.85. The number of aliphatic hydroxyl groups is 1. The Morgan fingerprint density at radius 2 is 2.05 bits per heavy atom. The van der Waals surface area contributed by atoms with Crippen LogP contribution >= 0.6 is 15.9 Å². The molecule has 2 aromatic rings. The van der Waals surface area contributed by atoms with E-state index < -0.39 is 6.10 Å². The van der Waals surface area contributed by atoms with Crippen molar-refractivity contribution in [3.05, 3.63) is 40.5 Å². The second-order valence-electron chi connectivity index (χ2n) is 5.70. The van der Waals surface area contributed by atoms with E-state index in [1.54, 1.807) is 6.20 Å². The van der Waals surface area contributed by atoms with Crippen molar-refractivity contribution < 1.29 is 5.11 Å². The van der Waals surface area contributed by atoms with Gasteiger partial charge in [0.1, 0.15) is 0 Å². The molecule has 0 saturated carbocycles. The molecule has 114 valence electrons. The molecule has 1 aromatic heterocycles. The monoisotopic (exact) mass is 349 g/mol. The first-order chi connectivity index (χ1) is 10.2. The molecule has 0 radical (unpaired) electrons. The fraction of sp³-hybridized carbons (Fsp3) is 0.500. The van der Waals surface area contributed by atoms with Crippen molar-refractivity contribution in [3.8, 4) is 0 Å². The van der Waals surface area contributed by atoms with Crippen LogP contribution in [0.1, 0.15) is 57.6 Å². The molecule has 3 heteroatoms. The Morgan fingerprint density at radius 1 is 1.24 bits per heavy atom. The van der Waals surface area contributed by atoms with E-state index in [0.717, 1.165) is 33.8 Å². The molecule has 0 fully saturated rings. The molecule has 21 heavy (non-hydrogen) atoms. The molecule has 2 nitrogen and oxygen atoms in total. The van der Waals surface area contributed by atoms with Crippen LogP contribution in [-0.2, 0) is 0 Å². The molecule has 0 saturated heterocycles. The van der Waals surface area contributed by atoms with E-state index in [1.165, 1.54) is 19.3 Å². The molecule has 2 rings (SSSR count). The minimum atomic E-state index is -0.433. The third kappa shape index (κ3) is 4.04. The van der Waals surface area contributed by atoms with Crippen LogP contribution in [0.4, 0.5) is 0 Å². The summed E-state index contributed by atoms with van der Waals surface area (Å²) in [6.45, 7) is 4.43. The van der Waals surface area contributed by atoms with Gasteiger partial charge < -0.3 is 5.11 Å². The minimum absolute atomic E-state index is 0.433. The minimum Gasteiger partial charge on any atom is -0.388 e. The number of fused-ring (bicyclic) bond motifs is 1. The van der Waals surface area contributed by atoms with Gasteiger partial charge in [0.05, 0.1) is 11.6 Å². The van der Waals surface area contributed by atoms with Gasteiger partial charge in [-0.3, -0.25) is 4.98 Å². The summed E-state index contributed by atoms with van der Waals surface area (Å²) in [5.74, 6) is 0.586. The first-order valence-electron chi connectivity index (χ1n) is 7.88. The number of pyridine rings is 1. The zero-order valence-electron chi connectivity index (χ0n) is 12.8. The second kappa shape index (κ2) is 7.90. The molecular weight excluding hydrogens is 326 g/mol. The average Bonchev–Trinajstić information content (AvgIpc) is 2.51. The van der Waals surface area contributed by atoms with Gasteiger partial charge in [-0.2, -0.15) is 0 Å². The van der Waals surface area contributed by atoms with Gasteiger partial charge in [-0.05, 0) is 24.5 Å². The molecule has 1 N–H and O–H groups in total. The zero-order chi connectivity index (χ0) is 15.2. The fourth-order valence-corrected chi connectivity index (χ4v) is 3.30. The Labute approximate surface area is 135 Å². The number of unbranched alkanes of at least 4 members (excludes halogenated alkanes) is 1. The Hall–Kier alpha value is -0.930. The SMILES string of the molecule is CCCCC(CC)CC(O)c1ccc(Br)c2cccnc12. The number of aliphatic hydroxyl groups excluding tert-OH is 1. The van der Waals surface area contributed by atoms with Gasteiger partial charge in [0.15, 0.2) is 0 Å². The summed E-state index contributed by atoms with van der Waals surface area (Å²) in [7, 11) is 0. The van der Waals surface area contributed by atoms with Gasteiger partial charge in [-0.15, -0.1) is 0 Å². The number of nitrogens with zero attached hydrogens (tertiary/aromatic N) is 1. The molecule has 2 atom stereocenters. The van der Waals surface area contributed by atoms with Crippen LogP contribution in [0.5, 0.6) is 0 Å². The normalized spacial score (nSPS) is 14.3. The van der Waals surface area contributed by atoms with Crippen LogP contribution in [0.3, 0.4) is 0 Å². The molecule has 0 spiro atoms. The van der Waals surface area contributed by atoms with E-state index in [2.05, 4.69) is 34.8 Å². The summed E-state index contributed by atoms with van der Waals surface area (Å²) >= 11 is 3.56. The largest absolute Gasteiger partial charge is 0.388 e. The number of halogens is 1. The quantitative estimate of drug-likeness (QED) is 0.701. The van der Waals surface area contributed by atoms with Crippen molar-refractivity contribution in [1.82, 2.24) is 4.98 Å². The first-order valence-corrected chi connectivity index (χ1v) is 8.67. The predicted molar refractivity (Wildman–Crippen MR) is 92.3 cm³/mol. The van der Waals surface area contributed by atoms with Crippen molar-refractivity contribution >= 4 is 26.8 Å². The predicted octanol–water partition coefficient (Wildman–Crippen LogP) is 5.64. The summed E-state index contributed by atoms with van der Waals surface area (Å²) < 4.78 is 1.03. The Bertz CT molecular complexity index is 584. The topological polar surface area (TPSA) is 33.1 Å². The molecule has 0 bridgehead atoms. The Kier molecular flexibility index (Phi) is 6.19. The van der Waals surface area contributed by atoms with Crippen LogP contribution in [0.15, 0.2) is 34.9 Å².